The number of hydrogen-bond donors (Lipinski definition) is 3. The highest BCUT2D eigenvalue weighted by Gasteiger charge is 2.42. The van der Waals surface area contributed by atoms with E-state index in [0.717, 1.165) is 46.3 Å². The zero-order chi connectivity index (χ0) is 51.5. The lowest BCUT2D eigenvalue weighted by atomic mass is 9.73. The molecule has 1 heterocycles. The van der Waals surface area contributed by atoms with Crippen LogP contribution in [0.15, 0.2) is 132 Å². The van der Waals surface area contributed by atoms with E-state index in [2.05, 4.69) is 17.2 Å². The van der Waals surface area contributed by atoms with Gasteiger partial charge in [0.1, 0.15) is 30.3 Å². The van der Waals surface area contributed by atoms with E-state index in [-0.39, 0.29) is 64.3 Å². The highest BCUT2D eigenvalue weighted by molar-refractivity contribution is 7.85. The minimum atomic E-state index is -4.82. The molecule has 2 aliphatic rings. The van der Waals surface area contributed by atoms with E-state index >= 15 is 0 Å². The third kappa shape index (κ3) is 11.0. The number of nitro groups is 2. The summed E-state index contributed by atoms with van der Waals surface area (Å²) in [6.45, 7) is 15.0. The maximum absolute atomic E-state index is 14.3. The average Bonchev–Trinajstić information content (AvgIpc) is 3.49. The number of aryl methyl sites for hydroxylation is 1. The summed E-state index contributed by atoms with van der Waals surface area (Å²) in [5.41, 5.74) is 3.61. The van der Waals surface area contributed by atoms with Crippen LogP contribution >= 0.6 is 0 Å². The fraction of sp³-hybridized carbons (Fsp3) is 0.300. The summed E-state index contributed by atoms with van der Waals surface area (Å²) in [5, 5.41) is 28.7. The van der Waals surface area contributed by atoms with Gasteiger partial charge in [0.2, 0.25) is 5.91 Å². The number of nitro benzene ring substituents is 2. The molecule has 1 amide bonds. The molecule has 0 saturated carbocycles. The monoisotopic (exact) mass is 979 g/mol. The van der Waals surface area contributed by atoms with E-state index in [9.17, 15) is 47.6 Å². The fourth-order valence-electron chi connectivity index (χ4n) is 8.39. The minimum Gasteiger partial charge on any atom is -0.493 e. The Hall–Kier alpha value is -7.84. The minimum absolute atomic E-state index is 0.0223. The normalized spacial score (nSPS) is 16.2. The molecular weight excluding hydrogens is 927 g/mol. The number of rotatable bonds is 19. The van der Waals surface area contributed by atoms with Crippen molar-refractivity contribution in [3.05, 3.63) is 174 Å². The van der Waals surface area contributed by atoms with E-state index < -0.39 is 66.4 Å². The molecule has 0 saturated heterocycles. The summed E-state index contributed by atoms with van der Waals surface area (Å²) in [5.74, 6) is -2.61. The molecule has 0 fully saturated rings. The van der Waals surface area contributed by atoms with Crippen LogP contribution in [0.3, 0.4) is 0 Å². The number of amides is 1. The first kappa shape index (κ1) is 51.5. The van der Waals surface area contributed by atoms with Crippen LogP contribution in [0.5, 0.6) is 17.2 Å². The highest BCUT2D eigenvalue weighted by Crippen LogP contribution is 2.48. The van der Waals surface area contributed by atoms with Crippen LogP contribution < -0.4 is 29.7 Å². The first-order valence-corrected chi connectivity index (χ1v) is 23.4. The largest absolute Gasteiger partial charge is 0.514 e. The third-order valence-electron chi connectivity index (χ3n) is 12.3. The fourth-order valence-corrected chi connectivity index (χ4v) is 9.05. The molecule has 6 rings (SSSR count). The van der Waals surface area contributed by atoms with Crippen LogP contribution in [-0.4, -0.2) is 79.8 Å². The van der Waals surface area contributed by atoms with Crippen molar-refractivity contribution in [2.75, 3.05) is 38.0 Å². The summed E-state index contributed by atoms with van der Waals surface area (Å²) >= 11 is 0. The molecule has 1 aliphatic carbocycles. The third-order valence-corrected chi connectivity index (χ3v) is 13.1. The molecule has 19 nitrogen and oxygen atoms in total. The van der Waals surface area contributed by atoms with Crippen LogP contribution in [0, 0.1) is 27.2 Å². The van der Waals surface area contributed by atoms with Crippen LogP contribution in [0.25, 0.3) is 0 Å². The van der Waals surface area contributed by atoms with Gasteiger partial charge in [0.05, 0.1) is 40.8 Å². The Morgan fingerprint density at radius 3 is 2.26 bits per heavy atom. The quantitative estimate of drug-likeness (QED) is 0.0153. The van der Waals surface area contributed by atoms with Crippen molar-refractivity contribution in [3.63, 3.8) is 0 Å². The number of nitrogens with one attached hydrogen (secondary N) is 2. The molecule has 0 bridgehead atoms. The molecule has 70 heavy (non-hydrogen) atoms. The number of allylic oxidation sites excluding steroid dienone is 6. The number of non-ortho nitro benzene ring substituents is 1. The van der Waals surface area contributed by atoms with Crippen molar-refractivity contribution < 1.29 is 56.1 Å². The van der Waals surface area contributed by atoms with Crippen molar-refractivity contribution in [3.8, 4) is 17.2 Å². The number of anilines is 1. The Bertz CT molecular complexity index is 2990. The zero-order valence-corrected chi connectivity index (χ0v) is 40.5. The number of carbonyl (C=O) groups is 3. The molecule has 0 spiro atoms. The first-order chi connectivity index (χ1) is 32.8. The van der Waals surface area contributed by atoms with Crippen LogP contribution in [0.2, 0.25) is 0 Å². The Morgan fingerprint density at radius 1 is 0.986 bits per heavy atom. The number of ether oxygens (including phenoxy) is 4. The van der Waals surface area contributed by atoms with Crippen molar-refractivity contribution in [2.45, 2.75) is 64.5 Å². The Kier molecular flexibility index (Phi) is 15.0. The van der Waals surface area contributed by atoms with Gasteiger partial charge in [0.25, 0.3) is 21.5 Å². The topological polar surface area (TPSA) is 256 Å². The second-order valence-corrected chi connectivity index (χ2v) is 19.1. The number of hydrogen-bond acceptors (Lipinski definition) is 15. The van der Waals surface area contributed by atoms with E-state index in [1.54, 1.807) is 12.2 Å². The lowest BCUT2D eigenvalue weighted by Crippen LogP contribution is -2.51. The van der Waals surface area contributed by atoms with E-state index in [1.807, 2.05) is 95.1 Å². The number of fused-ring (bicyclic) bond motifs is 1. The van der Waals surface area contributed by atoms with E-state index in [4.69, 9.17) is 18.9 Å². The van der Waals surface area contributed by atoms with Crippen molar-refractivity contribution in [1.29, 1.82) is 0 Å². The lowest BCUT2D eigenvalue weighted by Gasteiger charge is -2.33. The van der Waals surface area contributed by atoms with Crippen molar-refractivity contribution in [2.24, 2.45) is 0 Å². The van der Waals surface area contributed by atoms with Gasteiger partial charge in [-0.15, -0.1) is 0 Å². The van der Waals surface area contributed by atoms with Crippen LogP contribution in [0.1, 0.15) is 63.0 Å². The van der Waals surface area contributed by atoms with E-state index in [0.29, 0.717) is 5.57 Å². The molecular formula is C50H53N5O14S. The maximum atomic E-state index is 14.3. The van der Waals surface area contributed by atoms with Gasteiger partial charge in [-0.25, -0.2) is 4.79 Å². The molecule has 0 aromatic heterocycles. The Morgan fingerprint density at radius 2 is 1.64 bits per heavy atom. The SMILES string of the molecule is C=C(/C=C1\C(=O)C(/C=C2/N(C)c3ccccc3C2(C)C)=C1NC(CS(=O)(=O)O)C(=O)NCCOc1cc([N+](=O)[O-])c(C(C)OC(=O)Oc2ccc([N+](=O)[O-])cc2)cc1OC)C(C)(C)c1ccccc1C. The predicted molar refractivity (Wildman–Crippen MR) is 260 cm³/mol. The predicted octanol–water partition coefficient (Wildman–Crippen LogP) is 8.05. The van der Waals surface area contributed by atoms with Crippen LogP contribution in [-0.2, 0) is 35.3 Å². The number of nitrogens with zero attached hydrogens (tertiary/aromatic N) is 3. The van der Waals surface area contributed by atoms with Gasteiger partial charge in [0.15, 0.2) is 17.3 Å². The van der Waals surface area contributed by atoms with Crippen molar-refractivity contribution in [1.82, 2.24) is 10.6 Å². The summed E-state index contributed by atoms with van der Waals surface area (Å²) in [4.78, 5) is 64.5. The molecule has 368 valence electrons. The van der Waals surface area contributed by atoms with Crippen LogP contribution in [0.4, 0.5) is 21.9 Å². The zero-order valence-electron chi connectivity index (χ0n) is 39.7. The van der Waals surface area contributed by atoms with Gasteiger partial charge in [-0.1, -0.05) is 76.7 Å². The van der Waals surface area contributed by atoms with Gasteiger partial charge in [-0.05, 0) is 72.5 Å². The number of para-hydroxylation sites is 1. The standard InChI is InChI=1S/C50H53N5O14S/c1-29-14-10-11-15-37(29)49(4,5)30(2)24-35-45(36(46(35)56)26-44-50(6,7)38-16-12-13-17-40(38)53(44)8)52-39(28-70(63,64)65)47(57)51-22-23-67-43-27-41(55(61)62)34(25-42(43)66-9)31(3)68-48(58)69-33-20-18-32(19-21-33)54(59)60/h10-21,24-27,31,39,52H,2,22-23,28H2,1,3-9H3,(H,51,57)(H,63,64,65)/b35-24-,44-26+. The number of likely N-dealkylation sites (N-methyl/N-ethyl adjacent to an activating group) is 1. The highest BCUT2D eigenvalue weighted by atomic mass is 32.2. The smallest absolute Gasteiger partial charge is 0.493 e. The molecule has 3 N–H and O–H groups in total. The average molecular weight is 980 g/mol. The summed E-state index contributed by atoms with van der Waals surface area (Å²) in [7, 11) is -1.68. The molecule has 4 aromatic carbocycles. The number of Topliss-reactive ketones (excluding diaryl/α,β-unsaturated/α-hetero) is 1. The van der Waals surface area contributed by atoms with Gasteiger partial charge in [0, 0.05) is 52.5 Å². The van der Waals surface area contributed by atoms with Gasteiger partial charge < -0.3 is 34.5 Å². The molecule has 2 atom stereocenters. The number of carbonyl (C=O) groups excluding carboxylic acids is 3. The molecule has 2 unspecified atom stereocenters. The summed E-state index contributed by atoms with van der Waals surface area (Å²) < 4.78 is 56.5. The molecule has 20 heteroatoms. The number of ketones is 1. The molecule has 4 aromatic rings. The Labute approximate surface area is 404 Å². The first-order valence-electron chi connectivity index (χ1n) is 21.8. The van der Waals surface area contributed by atoms with Crippen molar-refractivity contribution >= 4 is 45.0 Å². The number of benzene rings is 4. The molecule has 0 radical (unpaired) electrons. The van der Waals surface area contributed by atoms with Gasteiger partial charge in [-0.2, -0.15) is 8.42 Å². The van der Waals surface area contributed by atoms with Gasteiger partial charge >= 0.3 is 6.16 Å². The molecule has 1 aliphatic heterocycles. The second kappa shape index (κ2) is 20.4. The maximum Gasteiger partial charge on any atom is 0.514 e. The van der Waals surface area contributed by atoms with E-state index in [1.165, 1.54) is 32.2 Å². The second-order valence-electron chi connectivity index (χ2n) is 17.6. The summed E-state index contributed by atoms with van der Waals surface area (Å²) in [6, 6.07) is 20.7. The number of methoxy groups -OCH3 is 1. The summed E-state index contributed by atoms with van der Waals surface area (Å²) in [6.07, 6.45) is 0.808. The van der Waals surface area contributed by atoms with Gasteiger partial charge in [-0.3, -0.25) is 34.4 Å². The lowest BCUT2D eigenvalue weighted by molar-refractivity contribution is -0.386. The Balaban J connectivity index is 1.23.